The van der Waals surface area contributed by atoms with Crippen LogP contribution in [0.1, 0.15) is 15.4 Å². The average molecular weight is 328 g/mol. The summed E-state index contributed by atoms with van der Waals surface area (Å²) in [6.07, 6.45) is 0. The number of aromatic nitrogens is 2. The molecule has 0 spiro atoms. The second-order valence-electron chi connectivity index (χ2n) is 4.05. The van der Waals surface area contributed by atoms with Crippen molar-refractivity contribution >= 4 is 33.2 Å². The van der Waals surface area contributed by atoms with Crippen molar-refractivity contribution in [3.05, 3.63) is 28.8 Å². The lowest BCUT2D eigenvalue weighted by molar-refractivity contribution is 0.102. The normalized spacial score (nSPS) is 11.2. The SMILES string of the molecule is COc1ccc(S(N)(=O)=O)cc1NC(=O)c1snnc1C. The van der Waals surface area contributed by atoms with Crippen LogP contribution in [0.3, 0.4) is 0 Å². The number of benzene rings is 1. The number of nitrogens with one attached hydrogen (secondary N) is 1. The Morgan fingerprint density at radius 2 is 2.14 bits per heavy atom. The van der Waals surface area contributed by atoms with Gasteiger partial charge in [-0.2, -0.15) is 0 Å². The maximum atomic E-state index is 12.1. The fourth-order valence-electron chi connectivity index (χ4n) is 1.58. The van der Waals surface area contributed by atoms with Crippen molar-refractivity contribution in [1.29, 1.82) is 0 Å². The lowest BCUT2D eigenvalue weighted by Gasteiger charge is -2.11. The quantitative estimate of drug-likeness (QED) is 0.853. The molecule has 0 bridgehead atoms. The number of rotatable bonds is 4. The van der Waals surface area contributed by atoms with Gasteiger partial charge in [0, 0.05) is 0 Å². The molecule has 1 aromatic heterocycles. The predicted molar refractivity (Wildman–Crippen MR) is 77.0 cm³/mol. The van der Waals surface area contributed by atoms with Gasteiger partial charge in [0.2, 0.25) is 10.0 Å². The molecule has 8 nitrogen and oxygen atoms in total. The van der Waals surface area contributed by atoms with Crippen molar-refractivity contribution < 1.29 is 17.9 Å². The topological polar surface area (TPSA) is 124 Å². The van der Waals surface area contributed by atoms with Crippen molar-refractivity contribution in [3.8, 4) is 5.75 Å². The molecule has 0 aliphatic carbocycles. The molecule has 3 N–H and O–H groups in total. The van der Waals surface area contributed by atoms with Crippen LogP contribution in [0, 0.1) is 6.92 Å². The fraction of sp³-hybridized carbons (Fsp3) is 0.182. The summed E-state index contributed by atoms with van der Waals surface area (Å²) in [5.41, 5.74) is 0.681. The number of primary sulfonamides is 1. The van der Waals surface area contributed by atoms with E-state index in [0.29, 0.717) is 16.3 Å². The summed E-state index contributed by atoms with van der Waals surface area (Å²) < 4.78 is 31.5. The van der Waals surface area contributed by atoms with E-state index in [1.165, 1.54) is 25.3 Å². The Labute approximate surface area is 125 Å². The molecule has 0 aliphatic heterocycles. The van der Waals surface area contributed by atoms with Crippen LogP contribution < -0.4 is 15.2 Å². The first-order valence-electron chi connectivity index (χ1n) is 5.64. The molecule has 2 aromatic rings. The number of carbonyl (C=O) groups excluding carboxylic acids is 1. The molecule has 0 aliphatic rings. The van der Waals surface area contributed by atoms with Crippen molar-refractivity contribution in [2.75, 3.05) is 12.4 Å². The minimum absolute atomic E-state index is 0.127. The molecule has 0 atom stereocenters. The number of nitrogens with zero attached hydrogens (tertiary/aromatic N) is 2. The Kier molecular flexibility index (Phi) is 4.21. The van der Waals surface area contributed by atoms with E-state index < -0.39 is 15.9 Å². The lowest BCUT2D eigenvalue weighted by Crippen LogP contribution is -2.15. The molecule has 1 aromatic carbocycles. The molecular formula is C11H12N4O4S2. The van der Waals surface area contributed by atoms with Gasteiger partial charge in [-0.1, -0.05) is 4.49 Å². The summed E-state index contributed by atoms with van der Waals surface area (Å²) >= 11 is 0.943. The van der Waals surface area contributed by atoms with E-state index in [2.05, 4.69) is 14.9 Å². The van der Waals surface area contributed by atoms with Crippen LogP contribution in [0.2, 0.25) is 0 Å². The largest absolute Gasteiger partial charge is 0.495 e. The molecule has 1 heterocycles. The van der Waals surface area contributed by atoms with E-state index in [4.69, 9.17) is 9.88 Å². The summed E-state index contributed by atoms with van der Waals surface area (Å²) in [4.78, 5) is 12.3. The Bertz CT molecular complexity index is 785. The van der Waals surface area contributed by atoms with Crippen LogP contribution in [0.15, 0.2) is 23.1 Å². The first kappa shape index (κ1) is 15.4. The van der Waals surface area contributed by atoms with Gasteiger partial charge in [-0.3, -0.25) is 4.79 Å². The second-order valence-corrected chi connectivity index (χ2v) is 6.36. The molecule has 1 amide bonds. The summed E-state index contributed by atoms with van der Waals surface area (Å²) in [6, 6.07) is 3.94. The number of hydrogen-bond acceptors (Lipinski definition) is 7. The number of amides is 1. The van der Waals surface area contributed by atoms with Gasteiger partial charge in [0.15, 0.2) is 0 Å². The number of sulfonamides is 1. The number of anilines is 1. The van der Waals surface area contributed by atoms with Crippen LogP contribution in [-0.4, -0.2) is 31.0 Å². The third-order valence-corrected chi connectivity index (χ3v) is 4.34. The molecule has 2 rings (SSSR count). The fourth-order valence-corrected chi connectivity index (χ4v) is 2.67. The first-order chi connectivity index (χ1) is 9.82. The Hall–Kier alpha value is -2.04. The smallest absolute Gasteiger partial charge is 0.269 e. The number of aryl methyl sites for hydroxylation is 1. The van der Waals surface area contributed by atoms with Crippen LogP contribution in [-0.2, 0) is 10.0 Å². The van der Waals surface area contributed by atoms with Gasteiger partial charge < -0.3 is 10.1 Å². The number of methoxy groups -OCH3 is 1. The number of hydrogen-bond donors (Lipinski definition) is 2. The molecule has 10 heteroatoms. The van der Waals surface area contributed by atoms with Gasteiger partial charge in [0.25, 0.3) is 5.91 Å². The van der Waals surface area contributed by atoms with Gasteiger partial charge in [-0.25, -0.2) is 13.6 Å². The molecule has 21 heavy (non-hydrogen) atoms. The highest BCUT2D eigenvalue weighted by molar-refractivity contribution is 7.89. The molecule has 0 fully saturated rings. The highest BCUT2D eigenvalue weighted by atomic mass is 32.2. The highest BCUT2D eigenvalue weighted by Gasteiger charge is 2.17. The molecule has 0 saturated carbocycles. The molecule has 112 valence electrons. The molecule has 0 unspecified atom stereocenters. The molecule has 0 saturated heterocycles. The second kappa shape index (κ2) is 5.76. The maximum Gasteiger partial charge on any atom is 0.269 e. The predicted octanol–water partition coefficient (Wildman–Crippen LogP) is 0.755. The maximum absolute atomic E-state index is 12.1. The van der Waals surface area contributed by atoms with E-state index in [-0.39, 0.29) is 10.6 Å². The monoisotopic (exact) mass is 328 g/mol. The highest BCUT2D eigenvalue weighted by Crippen LogP contribution is 2.28. The van der Waals surface area contributed by atoms with Crippen molar-refractivity contribution in [2.24, 2.45) is 5.14 Å². The minimum atomic E-state index is -3.88. The summed E-state index contributed by atoms with van der Waals surface area (Å²) in [5, 5.41) is 11.4. The van der Waals surface area contributed by atoms with E-state index in [9.17, 15) is 13.2 Å². The van der Waals surface area contributed by atoms with Gasteiger partial charge in [0.1, 0.15) is 10.6 Å². The third-order valence-electron chi connectivity index (χ3n) is 2.61. The average Bonchev–Trinajstić information content (AvgIpc) is 2.84. The summed E-state index contributed by atoms with van der Waals surface area (Å²) in [6.45, 7) is 1.65. The summed E-state index contributed by atoms with van der Waals surface area (Å²) in [5.74, 6) is -0.141. The molecule has 0 radical (unpaired) electrons. The molecular weight excluding hydrogens is 316 g/mol. The standard InChI is InChI=1S/C11H12N4O4S2/c1-6-10(20-15-14-6)11(16)13-8-5-7(21(12,17)18)3-4-9(8)19-2/h3-5H,1-2H3,(H,13,16)(H2,12,17,18). The number of ether oxygens (including phenoxy) is 1. The third kappa shape index (κ3) is 3.35. The number of carbonyl (C=O) groups is 1. The van der Waals surface area contributed by atoms with Crippen molar-refractivity contribution in [2.45, 2.75) is 11.8 Å². The van der Waals surface area contributed by atoms with Crippen LogP contribution in [0.25, 0.3) is 0 Å². The zero-order valence-corrected chi connectivity index (χ0v) is 12.8. The van der Waals surface area contributed by atoms with Crippen molar-refractivity contribution in [1.82, 2.24) is 9.59 Å². The Balaban J connectivity index is 2.38. The number of nitrogens with two attached hydrogens (primary N) is 1. The Morgan fingerprint density at radius 3 is 2.67 bits per heavy atom. The minimum Gasteiger partial charge on any atom is -0.495 e. The van der Waals surface area contributed by atoms with E-state index in [1.807, 2.05) is 0 Å². The Morgan fingerprint density at radius 1 is 1.43 bits per heavy atom. The zero-order valence-electron chi connectivity index (χ0n) is 11.2. The van der Waals surface area contributed by atoms with Crippen LogP contribution in [0.5, 0.6) is 5.75 Å². The van der Waals surface area contributed by atoms with Crippen molar-refractivity contribution in [3.63, 3.8) is 0 Å². The van der Waals surface area contributed by atoms with Gasteiger partial charge in [-0.05, 0) is 36.7 Å². The zero-order chi connectivity index (χ0) is 15.6. The summed E-state index contributed by atoms with van der Waals surface area (Å²) in [7, 11) is -2.47. The first-order valence-corrected chi connectivity index (χ1v) is 7.96. The van der Waals surface area contributed by atoms with E-state index >= 15 is 0 Å². The van der Waals surface area contributed by atoms with E-state index in [0.717, 1.165) is 11.5 Å². The van der Waals surface area contributed by atoms with Crippen LogP contribution in [0.4, 0.5) is 5.69 Å². The van der Waals surface area contributed by atoms with Gasteiger partial charge in [0.05, 0.1) is 23.4 Å². The van der Waals surface area contributed by atoms with E-state index in [1.54, 1.807) is 6.92 Å². The van der Waals surface area contributed by atoms with Crippen LogP contribution >= 0.6 is 11.5 Å². The van der Waals surface area contributed by atoms with Gasteiger partial charge in [-0.15, -0.1) is 5.10 Å². The van der Waals surface area contributed by atoms with Gasteiger partial charge >= 0.3 is 0 Å². The lowest BCUT2D eigenvalue weighted by atomic mass is 10.2.